The standard InChI is InChI=1S/C14H10Br2ClNO/c15-10-5-6-11(12(16)7-10)14(19)18-8-9-3-1-2-4-13(9)17/h1-7H,8H2,(H,18,19). The fourth-order valence-electron chi connectivity index (χ4n) is 1.59. The van der Waals surface area contributed by atoms with Gasteiger partial charge in [-0.15, -0.1) is 0 Å². The Morgan fingerprint density at radius 3 is 2.58 bits per heavy atom. The van der Waals surface area contributed by atoms with Crippen LogP contribution in [0.3, 0.4) is 0 Å². The SMILES string of the molecule is O=C(NCc1ccccc1Cl)c1ccc(Br)cc1Br. The molecule has 0 fully saturated rings. The molecule has 0 heterocycles. The molecule has 2 aromatic rings. The Labute approximate surface area is 133 Å². The Hall–Kier alpha value is -0.840. The predicted octanol–water partition coefficient (Wildman–Crippen LogP) is 4.80. The van der Waals surface area contributed by atoms with E-state index in [1.54, 1.807) is 12.1 Å². The maximum Gasteiger partial charge on any atom is 0.252 e. The molecule has 19 heavy (non-hydrogen) atoms. The van der Waals surface area contributed by atoms with Gasteiger partial charge in [0.25, 0.3) is 5.91 Å². The van der Waals surface area contributed by atoms with Crippen LogP contribution in [-0.4, -0.2) is 5.91 Å². The lowest BCUT2D eigenvalue weighted by Crippen LogP contribution is -2.23. The molecule has 0 aliphatic heterocycles. The fraction of sp³-hybridized carbons (Fsp3) is 0.0714. The zero-order valence-electron chi connectivity index (χ0n) is 9.79. The van der Waals surface area contributed by atoms with Crippen molar-refractivity contribution >= 4 is 49.4 Å². The van der Waals surface area contributed by atoms with E-state index in [1.165, 1.54) is 0 Å². The van der Waals surface area contributed by atoms with Crippen LogP contribution in [0.4, 0.5) is 0 Å². The van der Waals surface area contributed by atoms with E-state index >= 15 is 0 Å². The lowest BCUT2D eigenvalue weighted by atomic mass is 10.2. The first-order chi connectivity index (χ1) is 9.08. The van der Waals surface area contributed by atoms with Gasteiger partial charge >= 0.3 is 0 Å². The van der Waals surface area contributed by atoms with Gasteiger partial charge in [0.05, 0.1) is 5.56 Å². The molecule has 1 N–H and O–H groups in total. The van der Waals surface area contributed by atoms with Crippen molar-refractivity contribution in [3.8, 4) is 0 Å². The summed E-state index contributed by atoms with van der Waals surface area (Å²) in [5.74, 6) is -0.140. The third-order valence-corrected chi connectivity index (χ3v) is 4.09. The van der Waals surface area contributed by atoms with Crippen LogP contribution in [0.1, 0.15) is 15.9 Å². The molecule has 2 nitrogen and oxygen atoms in total. The monoisotopic (exact) mass is 401 g/mol. The maximum atomic E-state index is 12.1. The van der Waals surface area contributed by atoms with E-state index in [2.05, 4.69) is 37.2 Å². The third-order valence-electron chi connectivity index (χ3n) is 2.57. The van der Waals surface area contributed by atoms with Crippen molar-refractivity contribution in [3.63, 3.8) is 0 Å². The second kappa shape index (κ2) is 6.55. The first-order valence-electron chi connectivity index (χ1n) is 5.54. The van der Waals surface area contributed by atoms with E-state index in [1.807, 2.05) is 30.3 Å². The highest BCUT2D eigenvalue weighted by Gasteiger charge is 2.10. The molecule has 1 amide bonds. The summed E-state index contributed by atoms with van der Waals surface area (Å²) >= 11 is 12.8. The molecular formula is C14H10Br2ClNO. The summed E-state index contributed by atoms with van der Waals surface area (Å²) in [5.41, 5.74) is 1.49. The lowest BCUT2D eigenvalue weighted by molar-refractivity contribution is 0.0950. The normalized spacial score (nSPS) is 10.3. The molecule has 0 bridgehead atoms. The van der Waals surface area contributed by atoms with Crippen molar-refractivity contribution in [2.24, 2.45) is 0 Å². The smallest absolute Gasteiger partial charge is 0.252 e. The van der Waals surface area contributed by atoms with Crippen molar-refractivity contribution in [2.75, 3.05) is 0 Å². The lowest BCUT2D eigenvalue weighted by Gasteiger charge is -2.08. The molecule has 0 aliphatic carbocycles. The van der Waals surface area contributed by atoms with Crippen LogP contribution in [0.25, 0.3) is 0 Å². The number of nitrogens with one attached hydrogen (secondary N) is 1. The molecule has 0 unspecified atom stereocenters. The highest BCUT2D eigenvalue weighted by molar-refractivity contribution is 9.11. The number of hydrogen-bond donors (Lipinski definition) is 1. The second-order valence-corrected chi connectivity index (χ2v) is 6.08. The number of amides is 1. The summed E-state index contributed by atoms with van der Waals surface area (Å²) in [4.78, 5) is 12.1. The first-order valence-corrected chi connectivity index (χ1v) is 7.51. The topological polar surface area (TPSA) is 29.1 Å². The van der Waals surface area contributed by atoms with Gasteiger partial charge in [-0.25, -0.2) is 0 Å². The van der Waals surface area contributed by atoms with Gasteiger partial charge in [0.2, 0.25) is 0 Å². The van der Waals surface area contributed by atoms with E-state index in [0.29, 0.717) is 17.1 Å². The Morgan fingerprint density at radius 2 is 1.89 bits per heavy atom. The van der Waals surface area contributed by atoms with Crippen molar-refractivity contribution in [1.82, 2.24) is 5.32 Å². The molecule has 2 aromatic carbocycles. The van der Waals surface area contributed by atoms with Crippen molar-refractivity contribution in [3.05, 3.63) is 67.6 Å². The van der Waals surface area contributed by atoms with Crippen LogP contribution in [-0.2, 0) is 6.54 Å². The van der Waals surface area contributed by atoms with E-state index in [0.717, 1.165) is 14.5 Å². The minimum Gasteiger partial charge on any atom is -0.348 e. The quantitative estimate of drug-likeness (QED) is 0.784. The zero-order chi connectivity index (χ0) is 13.8. The third kappa shape index (κ3) is 3.81. The van der Waals surface area contributed by atoms with Gasteiger partial charge in [0, 0.05) is 20.5 Å². The second-order valence-electron chi connectivity index (χ2n) is 3.90. The highest BCUT2D eigenvalue weighted by Crippen LogP contribution is 2.22. The Bertz CT molecular complexity index is 616. The van der Waals surface area contributed by atoms with Crippen molar-refractivity contribution < 1.29 is 4.79 Å². The van der Waals surface area contributed by atoms with Gasteiger partial charge in [-0.3, -0.25) is 4.79 Å². The number of carbonyl (C=O) groups excluding carboxylic acids is 1. The van der Waals surface area contributed by atoms with E-state index in [-0.39, 0.29) is 5.91 Å². The zero-order valence-corrected chi connectivity index (χ0v) is 13.7. The summed E-state index contributed by atoms with van der Waals surface area (Å²) < 4.78 is 1.67. The summed E-state index contributed by atoms with van der Waals surface area (Å²) in [6.07, 6.45) is 0. The molecule has 0 atom stereocenters. The Morgan fingerprint density at radius 1 is 1.16 bits per heavy atom. The summed E-state index contributed by atoms with van der Waals surface area (Å²) in [5, 5.41) is 3.50. The van der Waals surface area contributed by atoms with Gasteiger partial charge in [-0.05, 0) is 45.8 Å². The number of carbonyl (C=O) groups is 1. The minimum absolute atomic E-state index is 0.140. The van der Waals surface area contributed by atoms with E-state index in [4.69, 9.17) is 11.6 Å². The summed E-state index contributed by atoms with van der Waals surface area (Å²) in [7, 11) is 0. The van der Waals surface area contributed by atoms with Gasteiger partial charge in [-0.2, -0.15) is 0 Å². The van der Waals surface area contributed by atoms with Crippen LogP contribution in [0, 0.1) is 0 Å². The van der Waals surface area contributed by atoms with Gasteiger partial charge in [0.1, 0.15) is 0 Å². The molecule has 0 aliphatic rings. The highest BCUT2D eigenvalue weighted by atomic mass is 79.9. The molecular weight excluding hydrogens is 393 g/mol. The molecule has 0 saturated heterocycles. The number of benzene rings is 2. The summed E-state index contributed by atoms with van der Waals surface area (Å²) in [6, 6.07) is 12.9. The van der Waals surface area contributed by atoms with E-state index < -0.39 is 0 Å². The van der Waals surface area contributed by atoms with Crippen molar-refractivity contribution in [2.45, 2.75) is 6.54 Å². The Kier molecular flexibility index (Phi) is 5.02. The molecule has 0 aromatic heterocycles. The van der Waals surface area contributed by atoms with Crippen LogP contribution in [0.5, 0.6) is 0 Å². The average Bonchev–Trinajstić information content (AvgIpc) is 2.37. The van der Waals surface area contributed by atoms with Gasteiger partial charge in [0.15, 0.2) is 0 Å². The molecule has 0 saturated carbocycles. The summed E-state index contributed by atoms with van der Waals surface area (Å²) in [6.45, 7) is 0.404. The Balaban J connectivity index is 2.08. The van der Waals surface area contributed by atoms with Crippen LogP contribution in [0.2, 0.25) is 5.02 Å². The molecule has 2 rings (SSSR count). The van der Waals surface area contributed by atoms with Crippen LogP contribution >= 0.6 is 43.5 Å². The number of halogens is 3. The molecule has 0 radical (unpaired) electrons. The van der Waals surface area contributed by atoms with E-state index in [9.17, 15) is 4.79 Å². The van der Waals surface area contributed by atoms with Crippen LogP contribution < -0.4 is 5.32 Å². The molecule has 5 heteroatoms. The average molecular weight is 404 g/mol. The van der Waals surface area contributed by atoms with Crippen LogP contribution in [0.15, 0.2) is 51.4 Å². The number of hydrogen-bond acceptors (Lipinski definition) is 1. The van der Waals surface area contributed by atoms with Gasteiger partial charge < -0.3 is 5.32 Å². The van der Waals surface area contributed by atoms with Crippen molar-refractivity contribution in [1.29, 1.82) is 0 Å². The first kappa shape index (κ1) is 14.6. The minimum atomic E-state index is -0.140. The molecule has 98 valence electrons. The molecule has 0 spiro atoms. The predicted molar refractivity (Wildman–Crippen MR) is 84.5 cm³/mol. The fourth-order valence-corrected chi connectivity index (χ4v) is 3.02. The number of rotatable bonds is 3. The largest absolute Gasteiger partial charge is 0.348 e. The maximum absolute atomic E-state index is 12.1. The van der Waals surface area contributed by atoms with Gasteiger partial charge in [-0.1, -0.05) is 45.7 Å².